The number of rotatable bonds is 15. The summed E-state index contributed by atoms with van der Waals surface area (Å²) in [5.41, 5.74) is 12.8. The molecule has 2 amide bonds. The lowest BCUT2D eigenvalue weighted by Gasteiger charge is -2.37. The van der Waals surface area contributed by atoms with Crippen LogP contribution in [-0.4, -0.2) is 48.1 Å². The number of anilines is 2. The van der Waals surface area contributed by atoms with Gasteiger partial charge in [0, 0.05) is 44.5 Å². The molecule has 5 rings (SSSR count). The van der Waals surface area contributed by atoms with Gasteiger partial charge in [-0.2, -0.15) is 0 Å². The SMILES string of the molecule is C=CCN(C)C[C@H]1C[C@@H](c2ccc(CO)cc2)O[C@@H](c2cccc(-c3cccc(CNC(=O)CCCC(=O)Nc4ccccc4N)c3)c2)O1. The Kier molecular flexibility index (Phi) is 12.7. The number of carbonyl (C=O) groups is 2. The molecule has 1 heterocycles. The van der Waals surface area contributed by atoms with Crippen LogP contribution in [0.25, 0.3) is 11.1 Å². The molecule has 0 spiro atoms. The lowest BCUT2D eigenvalue weighted by Crippen LogP contribution is -2.37. The number of ether oxygens (including phenoxy) is 2. The smallest absolute Gasteiger partial charge is 0.224 e. The highest BCUT2D eigenvalue weighted by Gasteiger charge is 2.32. The van der Waals surface area contributed by atoms with Gasteiger partial charge in [-0.05, 0) is 65.6 Å². The topological polar surface area (TPSA) is 126 Å². The average molecular weight is 663 g/mol. The Morgan fingerprint density at radius 3 is 2.39 bits per heavy atom. The van der Waals surface area contributed by atoms with Crippen LogP contribution in [0.5, 0.6) is 0 Å². The van der Waals surface area contributed by atoms with Crippen molar-refractivity contribution in [3.05, 3.63) is 132 Å². The molecular weight excluding hydrogens is 616 g/mol. The van der Waals surface area contributed by atoms with Crippen LogP contribution in [0.2, 0.25) is 0 Å². The van der Waals surface area contributed by atoms with Gasteiger partial charge < -0.3 is 35.8 Å². The van der Waals surface area contributed by atoms with Crippen molar-refractivity contribution < 1.29 is 24.2 Å². The van der Waals surface area contributed by atoms with Crippen LogP contribution in [0, 0.1) is 0 Å². The van der Waals surface area contributed by atoms with E-state index in [1.165, 1.54) is 0 Å². The van der Waals surface area contributed by atoms with E-state index in [1.54, 1.807) is 18.2 Å². The molecule has 0 radical (unpaired) electrons. The van der Waals surface area contributed by atoms with Crippen LogP contribution in [-0.2, 0) is 32.2 Å². The number of nitrogens with one attached hydrogen (secondary N) is 2. The monoisotopic (exact) mass is 662 g/mol. The first kappa shape index (κ1) is 35.5. The quantitative estimate of drug-likeness (QED) is 0.0844. The van der Waals surface area contributed by atoms with E-state index in [0.29, 0.717) is 30.8 Å². The molecule has 1 aliphatic rings. The summed E-state index contributed by atoms with van der Waals surface area (Å²) in [4.78, 5) is 27.0. The fourth-order valence-electron chi connectivity index (χ4n) is 5.92. The second-order valence-electron chi connectivity index (χ2n) is 12.5. The van der Waals surface area contributed by atoms with Gasteiger partial charge in [0.25, 0.3) is 0 Å². The van der Waals surface area contributed by atoms with E-state index in [2.05, 4.69) is 47.4 Å². The number of nitrogens with two attached hydrogens (primary N) is 1. The Morgan fingerprint density at radius 1 is 0.898 bits per heavy atom. The minimum atomic E-state index is -0.562. The first-order valence-electron chi connectivity index (χ1n) is 16.7. The van der Waals surface area contributed by atoms with Crippen LogP contribution >= 0.6 is 0 Å². The number of aliphatic hydroxyl groups is 1. The van der Waals surface area contributed by atoms with Gasteiger partial charge in [-0.1, -0.05) is 78.9 Å². The van der Waals surface area contributed by atoms with Gasteiger partial charge in [0.2, 0.25) is 11.8 Å². The number of likely N-dealkylation sites (N-methyl/N-ethyl adjacent to an activating group) is 1. The summed E-state index contributed by atoms with van der Waals surface area (Å²) in [7, 11) is 2.05. The Morgan fingerprint density at radius 2 is 1.63 bits per heavy atom. The maximum absolute atomic E-state index is 12.6. The largest absolute Gasteiger partial charge is 0.397 e. The maximum Gasteiger partial charge on any atom is 0.224 e. The van der Waals surface area contributed by atoms with Gasteiger partial charge in [-0.15, -0.1) is 6.58 Å². The predicted octanol–water partition coefficient (Wildman–Crippen LogP) is 6.52. The molecule has 49 heavy (non-hydrogen) atoms. The molecule has 0 unspecified atom stereocenters. The number of amides is 2. The number of nitrogen functional groups attached to an aromatic ring is 1. The summed E-state index contributed by atoms with van der Waals surface area (Å²) >= 11 is 0. The van der Waals surface area contributed by atoms with Crippen LogP contribution < -0.4 is 16.4 Å². The second-order valence-corrected chi connectivity index (χ2v) is 12.5. The number of hydrogen-bond donors (Lipinski definition) is 4. The van der Waals surface area contributed by atoms with E-state index in [9.17, 15) is 14.7 Å². The molecule has 5 N–H and O–H groups in total. The summed E-state index contributed by atoms with van der Waals surface area (Å²) in [6.45, 7) is 5.74. The lowest BCUT2D eigenvalue weighted by molar-refractivity contribution is -0.252. The van der Waals surface area contributed by atoms with E-state index in [4.69, 9.17) is 15.2 Å². The molecule has 9 nitrogen and oxygen atoms in total. The van der Waals surface area contributed by atoms with Crippen LogP contribution in [0.15, 0.2) is 110 Å². The fraction of sp³-hybridized carbons (Fsp3) is 0.300. The van der Waals surface area contributed by atoms with E-state index < -0.39 is 6.29 Å². The van der Waals surface area contributed by atoms with E-state index in [0.717, 1.165) is 46.5 Å². The number of para-hydroxylation sites is 2. The number of nitrogens with zero attached hydrogens (tertiary/aromatic N) is 1. The molecule has 1 saturated heterocycles. The van der Waals surface area contributed by atoms with Gasteiger partial charge in [-0.25, -0.2) is 0 Å². The Hall–Kier alpha value is -4.80. The van der Waals surface area contributed by atoms with Gasteiger partial charge in [0.15, 0.2) is 6.29 Å². The van der Waals surface area contributed by atoms with Gasteiger partial charge in [0.1, 0.15) is 0 Å². The number of aliphatic hydroxyl groups excluding tert-OH is 1. The first-order valence-corrected chi connectivity index (χ1v) is 16.7. The highest BCUT2D eigenvalue weighted by atomic mass is 16.7. The van der Waals surface area contributed by atoms with E-state index in [-0.39, 0.29) is 43.5 Å². The number of carbonyl (C=O) groups excluding carboxylic acids is 2. The standard InChI is InChI=1S/C40H46N4O5/c1-3-21-44(2)26-34-24-37(30-19-17-28(27-45)18-20-30)49-40(48-34)33-12-7-11-32(23-33)31-10-6-9-29(22-31)25-42-38(46)15-8-16-39(47)43-36-14-5-4-13-35(36)41/h3-7,9-14,17-20,22-23,34,37,40,45H,1,8,15-16,21,24-27,41H2,2H3,(H,42,46)(H,43,47)/t34-,37+,40+/m1/s1. The van der Waals surface area contributed by atoms with Crippen molar-refractivity contribution in [1.82, 2.24) is 10.2 Å². The third-order valence-electron chi connectivity index (χ3n) is 8.52. The average Bonchev–Trinajstić information content (AvgIpc) is 3.12. The zero-order valence-electron chi connectivity index (χ0n) is 28.0. The summed E-state index contributed by atoms with van der Waals surface area (Å²) in [6.07, 6.45) is 2.72. The van der Waals surface area contributed by atoms with Crippen LogP contribution in [0.1, 0.15) is 60.3 Å². The van der Waals surface area contributed by atoms with Crippen molar-refractivity contribution >= 4 is 23.2 Å². The van der Waals surface area contributed by atoms with Crippen molar-refractivity contribution in [1.29, 1.82) is 0 Å². The molecule has 0 bridgehead atoms. The predicted molar refractivity (Wildman–Crippen MR) is 193 cm³/mol. The summed E-state index contributed by atoms with van der Waals surface area (Å²) in [5, 5.41) is 15.3. The van der Waals surface area contributed by atoms with Gasteiger partial charge in [-0.3, -0.25) is 9.59 Å². The van der Waals surface area contributed by atoms with Crippen molar-refractivity contribution in [3.8, 4) is 11.1 Å². The molecule has 0 aromatic heterocycles. The Labute approximate surface area is 288 Å². The normalized spacial score (nSPS) is 17.4. The molecular formula is C40H46N4O5. The number of hydrogen-bond acceptors (Lipinski definition) is 7. The van der Waals surface area contributed by atoms with Crippen molar-refractivity contribution in [2.45, 2.75) is 57.3 Å². The molecule has 0 saturated carbocycles. The van der Waals surface area contributed by atoms with Crippen molar-refractivity contribution in [2.75, 3.05) is 31.2 Å². The Balaban J connectivity index is 1.20. The highest BCUT2D eigenvalue weighted by molar-refractivity contribution is 5.94. The molecule has 1 aliphatic heterocycles. The Bertz CT molecular complexity index is 1710. The molecule has 256 valence electrons. The molecule has 4 aromatic rings. The molecule has 0 aliphatic carbocycles. The fourth-order valence-corrected chi connectivity index (χ4v) is 5.92. The van der Waals surface area contributed by atoms with Gasteiger partial charge >= 0.3 is 0 Å². The third kappa shape index (κ3) is 10.3. The number of benzene rings is 4. The molecule has 1 fully saturated rings. The minimum Gasteiger partial charge on any atom is -0.397 e. The molecule has 4 aromatic carbocycles. The third-order valence-corrected chi connectivity index (χ3v) is 8.52. The first-order chi connectivity index (χ1) is 23.8. The lowest BCUT2D eigenvalue weighted by atomic mass is 9.98. The highest BCUT2D eigenvalue weighted by Crippen LogP contribution is 2.39. The van der Waals surface area contributed by atoms with Crippen molar-refractivity contribution in [3.63, 3.8) is 0 Å². The maximum atomic E-state index is 12.6. The van der Waals surface area contributed by atoms with E-state index >= 15 is 0 Å². The molecule has 9 heteroatoms. The van der Waals surface area contributed by atoms with E-state index in [1.807, 2.05) is 66.7 Å². The zero-order valence-corrected chi connectivity index (χ0v) is 28.0. The van der Waals surface area contributed by atoms with Crippen LogP contribution in [0.3, 0.4) is 0 Å². The summed E-state index contributed by atoms with van der Waals surface area (Å²) in [5.74, 6) is -0.285. The van der Waals surface area contributed by atoms with Crippen LogP contribution in [0.4, 0.5) is 11.4 Å². The molecule has 3 atom stereocenters. The second kappa shape index (κ2) is 17.6. The summed E-state index contributed by atoms with van der Waals surface area (Å²) < 4.78 is 13.1. The minimum absolute atomic E-state index is 0.000910. The van der Waals surface area contributed by atoms with Crippen molar-refractivity contribution in [2.24, 2.45) is 0 Å². The zero-order chi connectivity index (χ0) is 34.6. The van der Waals surface area contributed by atoms with Gasteiger partial charge in [0.05, 0.1) is 30.2 Å². The summed E-state index contributed by atoms with van der Waals surface area (Å²) in [6, 6.07) is 31.2.